The van der Waals surface area contributed by atoms with Gasteiger partial charge in [-0.1, -0.05) is 0 Å². The normalized spacial score (nSPS) is 23.0. The summed E-state index contributed by atoms with van der Waals surface area (Å²) in [5, 5.41) is 3.85. The van der Waals surface area contributed by atoms with Crippen LogP contribution in [0, 0.1) is 0 Å². The summed E-state index contributed by atoms with van der Waals surface area (Å²) in [6.07, 6.45) is 13.4. The van der Waals surface area contributed by atoms with Crippen molar-refractivity contribution in [2.24, 2.45) is 0 Å². The Kier molecular flexibility index (Phi) is 10.3. The second kappa shape index (κ2) is 11.3. The van der Waals surface area contributed by atoms with E-state index in [2.05, 4.69) is 61.3 Å². The smallest absolute Gasteiger partial charge is 1.00 e. The monoisotopic (exact) mass is 750 g/mol. The average Bonchev–Trinajstić information content (AvgIpc) is 3.44. The first kappa shape index (κ1) is 28.4. The molecule has 2 aliphatic heterocycles. The van der Waals surface area contributed by atoms with Gasteiger partial charge in [-0.15, -0.1) is 0 Å². The van der Waals surface area contributed by atoms with E-state index in [9.17, 15) is 0 Å². The van der Waals surface area contributed by atoms with E-state index in [0.29, 0.717) is 0 Å². The zero-order valence-corrected chi connectivity index (χ0v) is 29.1. The van der Waals surface area contributed by atoms with Crippen LogP contribution in [0.3, 0.4) is 0 Å². The minimum Gasteiger partial charge on any atom is -1.00 e. The van der Waals surface area contributed by atoms with Gasteiger partial charge in [0, 0.05) is 0 Å². The Morgan fingerprint density at radius 1 is 0.645 bits per heavy atom. The van der Waals surface area contributed by atoms with E-state index in [0.717, 1.165) is 0 Å². The van der Waals surface area contributed by atoms with E-state index < -0.39 is 39.4 Å². The van der Waals surface area contributed by atoms with Crippen LogP contribution in [-0.4, -0.2) is 51.8 Å². The fourth-order valence-corrected chi connectivity index (χ4v) is 24.8. The van der Waals surface area contributed by atoms with Gasteiger partial charge in [-0.25, -0.2) is 0 Å². The van der Waals surface area contributed by atoms with Crippen molar-refractivity contribution in [2.75, 3.05) is 26.2 Å². The van der Waals surface area contributed by atoms with Crippen LogP contribution in [0.4, 0.5) is 0 Å². The first-order valence-corrected chi connectivity index (χ1v) is 21.3. The van der Waals surface area contributed by atoms with Gasteiger partial charge in [0.1, 0.15) is 0 Å². The van der Waals surface area contributed by atoms with Gasteiger partial charge < -0.3 is 34.0 Å². The van der Waals surface area contributed by atoms with Crippen molar-refractivity contribution in [1.29, 1.82) is 0 Å². The molecule has 0 aromatic heterocycles. The number of halogens is 2. The van der Waals surface area contributed by atoms with Crippen LogP contribution >= 0.6 is 0 Å². The maximum Gasteiger partial charge on any atom is -1.00 e. The van der Waals surface area contributed by atoms with Crippen LogP contribution in [0.5, 0.6) is 0 Å². The molecule has 2 fully saturated rings. The van der Waals surface area contributed by atoms with Crippen LogP contribution in [-0.2, 0) is 22.9 Å². The Morgan fingerprint density at radius 2 is 0.968 bits per heavy atom. The van der Waals surface area contributed by atoms with Gasteiger partial charge in [0.05, 0.1) is 0 Å². The zero-order valence-electron chi connectivity index (χ0n) is 20.4. The van der Waals surface area contributed by atoms with Crippen molar-refractivity contribution < 1.29 is 56.9 Å². The molecule has 0 bridgehead atoms. The molecule has 0 unspecified atom stereocenters. The second-order valence-corrected chi connectivity index (χ2v) is 23.7. The zero-order chi connectivity index (χ0) is 20.8. The molecular formula is C24H40Br2HfN2Si2. The molecule has 2 heterocycles. The van der Waals surface area contributed by atoms with Crippen LogP contribution in [0.25, 0.3) is 0 Å². The van der Waals surface area contributed by atoms with E-state index in [1.54, 1.807) is 11.1 Å². The molecule has 2 aliphatic carbocycles. The third-order valence-corrected chi connectivity index (χ3v) is 24.7. The first-order valence-electron chi connectivity index (χ1n) is 11.8. The SMILES string of the molecule is CC1=CCC([Si](C)(C)N2CCCC2)=[C]1[Hf+2][C]1=C([Si](C)(C)N2CCCC2)CC=C1C.[Br-].[Br-]. The maximum atomic E-state index is 2.91. The van der Waals surface area contributed by atoms with Gasteiger partial charge in [-0.2, -0.15) is 0 Å². The van der Waals surface area contributed by atoms with Crippen molar-refractivity contribution in [1.82, 2.24) is 9.13 Å². The quantitative estimate of drug-likeness (QED) is 0.353. The van der Waals surface area contributed by atoms with E-state index in [4.69, 9.17) is 0 Å². The van der Waals surface area contributed by atoms with Crippen molar-refractivity contribution in [3.63, 3.8) is 0 Å². The average molecular weight is 751 g/mol. The first-order chi connectivity index (χ1) is 13.7. The van der Waals surface area contributed by atoms with E-state index in [1.165, 1.54) is 64.7 Å². The molecule has 2 nitrogen and oxygen atoms in total. The van der Waals surface area contributed by atoms with Crippen molar-refractivity contribution in [3.8, 4) is 0 Å². The van der Waals surface area contributed by atoms with Gasteiger partial charge in [-0.05, 0) is 0 Å². The van der Waals surface area contributed by atoms with Gasteiger partial charge in [0.2, 0.25) is 0 Å². The third-order valence-electron chi connectivity index (χ3n) is 8.14. The summed E-state index contributed by atoms with van der Waals surface area (Å²) in [5.41, 5.74) is 3.32. The summed E-state index contributed by atoms with van der Waals surface area (Å²) in [6.45, 7) is 20.9. The molecule has 0 amide bonds. The Morgan fingerprint density at radius 3 is 1.29 bits per heavy atom. The van der Waals surface area contributed by atoms with Gasteiger partial charge in [-0.3, -0.25) is 0 Å². The number of allylic oxidation sites excluding steroid dienone is 8. The molecule has 4 aliphatic rings. The molecule has 4 rings (SSSR count). The Hall–Kier alpha value is 1.14. The predicted octanol–water partition coefficient (Wildman–Crippen LogP) is -0.0347. The van der Waals surface area contributed by atoms with Crippen molar-refractivity contribution >= 4 is 16.5 Å². The second-order valence-electron chi connectivity index (χ2n) is 10.5. The molecular weight excluding hydrogens is 711 g/mol. The maximum absolute atomic E-state index is 2.91. The molecule has 2 saturated heterocycles. The molecule has 172 valence electrons. The van der Waals surface area contributed by atoms with Gasteiger partial charge in [0.15, 0.2) is 0 Å². The molecule has 0 radical (unpaired) electrons. The molecule has 7 heteroatoms. The topological polar surface area (TPSA) is 6.48 Å². The van der Waals surface area contributed by atoms with Gasteiger partial charge >= 0.3 is 194 Å². The van der Waals surface area contributed by atoms with Crippen molar-refractivity contribution in [2.45, 2.75) is 78.6 Å². The van der Waals surface area contributed by atoms with Crippen molar-refractivity contribution in [3.05, 3.63) is 40.4 Å². The largest absolute Gasteiger partial charge is 1.00 e. The minimum atomic E-state index is -1.46. The molecule has 0 spiro atoms. The number of rotatable bonds is 6. The molecule has 0 N–H and O–H groups in total. The Bertz CT molecular complexity index is 736. The Labute approximate surface area is 225 Å². The standard InChI is InChI=1S/2C12H20NSi.2BrH.Hf/c2*1-11-6-7-12(10-11)14(2,3)13-8-4-5-9-13;;;/h2*6H,4-5,7-9H2,1-3H3;2*1H;/q;;;;+2/p-2. The molecule has 0 atom stereocenters. The fraction of sp³-hybridized carbons (Fsp3) is 0.667. The predicted molar refractivity (Wildman–Crippen MR) is 127 cm³/mol. The third kappa shape index (κ3) is 5.53. The molecule has 0 aromatic carbocycles. The number of hydrogen-bond donors (Lipinski definition) is 0. The summed E-state index contributed by atoms with van der Waals surface area (Å²) in [6, 6.07) is 0. The Balaban J connectivity index is 0.00000171. The molecule has 0 aromatic rings. The summed E-state index contributed by atoms with van der Waals surface area (Å²) in [4.78, 5) is 0. The van der Waals surface area contributed by atoms with E-state index >= 15 is 0 Å². The number of hydrogen-bond acceptors (Lipinski definition) is 2. The summed E-state index contributed by atoms with van der Waals surface area (Å²) < 4.78 is 9.66. The van der Waals surface area contributed by atoms with E-state index in [-0.39, 0.29) is 34.0 Å². The van der Waals surface area contributed by atoms with Crippen LogP contribution in [0.15, 0.2) is 40.4 Å². The van der Waals surface area contributed by atoms with E-state index in [1.807, 2.05) is 17.1 Å². The fourth-order valence-electron chi connectivity index (χ4n) is 5.91. The minimum absolute atomic E-state index is 0. The molecule has 0 saturated carbocycles. The van der Waals surface area contributed by atoms with Crippen LogP contribution in [0.1, 0.15) is 52.4 Å². The summed E-state index contributed by atoms with van der Waals surface area (Å²) >= 11 is -1.04. The van der Waals surface area contributed by atoms with Crippen LogP contribution < -0.4 is 34.0 Å². The number of nitrogens with zero attached hydrogens (tertiary/aromatic N) is 2. The summed E-state index contributed by atoms with van der Waals surface area (Å²) in [5.74, 6) is 0. The molecule has 31 heavy (non-hydrogen) atoms. The van der Waals surface area contributed by atoms with Gasteiger partial charge in [0.25, 0.3) is 0 Å². The van der Waals surface area contributed by atoms with Crippen LogP contribution in [0.2, 0.25) is 26.2 Å². The summed E-state index contributed by atoms with van der Waals surface area (Å²) in [7, 11) is -2.92.